The lowest BCUT2D eigenvalue weighted by Gasteiger charge is -1.77. The van der Waals surface area contributed by atoms with E-state index in [1.807, 2.05) is 0 Å². The Morgan fingerprint density at radius 1 is 1.20 bits per heavy atom. The normalized spacial score (nSPS) is 5.90. The first-order valence-electron chi connectivity index (χ1n) is 3.39. The van der Waals surface area contributed by atoms with Crippen molar-refractivity contribution in [3.8, 4) is 0 Å². The van der Waals surface area contributed by atoms with Gasteiger partial charge in [-0.1, -0.05) is 20.3 Å². The Morgan fingerprint density at radius 3 is 1.50 bits per heavy atom. The molecule has 0 heterocycles. The van der Waals surface area contributed by atoms with Crippen molar-refractivity contribution in [1.29, 1.82) is 0 Å². The van der Waals surface area contributed by atoms with Gasteiger partial charge in [-0.25, -0.2) is 0 Å². The molecule has 0 aromatic carbocycles. The molecule has 0 rings (SSSR count). The molecular weight excluding hydrogens is 205 g/mol. The van der Waals surface area contributed by atoms with Crippen LogP contribution in [0.15, 0.2) is 0 Å². The molecule has 0 unspecified atom stereocenters. The Morgan fingerprint density at radius 2 is 1.50 bits per heavy atom. The maximum absolute atomic E-state index is 5.30. The molecule has 0 bridgehead atoms. The summed E-state index contributed by atoms with van der Waals surface area (Å²) in [6.07, 6.45) is 2.37. The second kappa shape index (κ2) is 31.5. The molecule has 0 aliphatic heterocycles. The van der Waals surface area contributed by atoms with E-state index in [1.165, 1.54) is 28.0 Å². The van der Waals surface area contributed by atoms with Crippen LogP contribution < -0.4 is 0 Å². The van der Waals surface area contributed by atoms with E-state index in [4.69, 9.17) is 11.6 Å². The summed E-state index contributed by atoms with van der Waals surface area (Å²) in [4.78, 5) is 0. The van der Waals surface area contributed by atoms with Crippen molar-refractivity contribution in [2.24, 2.45) is 0 Å². The molecule has 0 nitrogen and oxygen atoms in total. The Bertz CT molecular complexity index is 27.0. The maximum atomic E-state index is 5.30. The molecule has 0 aliphatic carbocycles. The fourth-order valence-electron chi connectivity index (χ4n) is 0.134. The number of unbranched alkanes of at least 4 members (excludes halogenated alkanes) is 1. The molecule has 4 heteroatoms. The summed E-state index contributed by atoms with van der Waals surface area (Å²) in [5, 5.41) is 1.39. The summed E-state index contributed by atoms with van der Waals surface area (Å²) in [5.74, 6) is 0.816. The van der Waals surface area contributed by atoms with Gasteiger partial charge in [0, 0.05) is 5.88 Å². The monoisotopic (exact) mass is 222 g/mol. The second-order valence-corrected chi connectivity index (χ2v) is 3.54. The van der Waals surface area contributed by atoms with Crippen LogP contribution in [0.3, 0.4) is 0 Å². The van der Waals surface area contributed by atoms with Gasteiger partial charge in [-0.3, -0.25) is 0 Å². The lowest BCUT2D eigenvalue weighted by molar-refractivity contribution is 0.892. The van der Waals surface area contributed by atoms with Gasteiger partial charge in [0.1, 0.15) is 0 Å². The predicted octanol–water partition coefficient (Wildman–Crippen LogP) is 2.93. The highest BCUT2D eigenvalue weighted by molar-refractivity contribution is 6.17. The summed E-state index contributed by atoms with van der Waals surface area (Å²) in [6.45, 7) is 4.31. The summed E-state index contributed by atoms with van der Waals surface area (Å²) < 4.78 is 0. The average molecular weight is 224 g/mol. The Hall–Kier alpha value is 1.40. The quantitative estimate of drug-likeness (QED) is 0.499. The van der Waals surface area contributed by atoms with E-state index >= 15 is 0 Å². The lowest BCUT2D eigenvalue weighted by atomic mass is 10.4. The molecule has 0 fully saturated rings. The van der Waals surface area contributed by atoms with Crippen molar-refractivity contribution in [1.82, 2.24) is 0 Å². The van der Waals surface area contributed by atoms with Crippen LogP contribution in [0.5, 0.6) is 0 Å². The van der Waals surface area contributed by atoms with Gasteiger partial charge in [-0.15, -0.1) is 41.7 Å². The zero-order valence-corrected chi connectivity index (χ0v) is 11.4. The van der Waals surface area contributed by atoms with Crippen molar-refractivity contribution in [2.75, 3.05) is 5.88 Å². The molecule has 0 spiro atoms. The SMILES string of the molecule is CCCCCl.C[CH2][AlH2].Cl.Cl. The maximum Gasteiger partial charge on any atom is 0.211 e. The molecule has 0 aromatic rings. The van der Waals surface area contributed by atoms with Gasteiger partial charge in [-0.05, 0) is 6.42 Å². The first kappa shape index (κ1) is 22.5. The van der Waals surface area contributed by atoms with Crippen LogP contribution in [0.25, 0.3) is 0 Å². The third kappa shape index (κ3) is 57.3. The summed E-state index contributed by atoms with van der Waals surface area (Å²) in [5.41, 5.74) is 0. The highest BCUT2D eigenvalue weighted by Crippen LogP contribution is 1.86. The third-order valence-corrected chi connectivity index (χ3v) is 0.754. The van der Waals surface area contributed by atoms with E-state index in [1.54, 1.807) is 0 Å². The fraction of sp³-hybridized carbons (Fsp3) is 1.00. The molecule has 0 N–H and O–H groups in total. The van der Waals surface area contributed by atoms with Gasteiger partial charge in [0.2, 0.25) is 16.3 Å². The Balaban J connectivity index is -0.0000000326. The molecule has 0 radical (unpaired) electrons. The third-order valence-electron chi connectivity index (χ3n) is 0.487. The van der Waals surface area contributed by atoms with Crippen LogP contribution in [0.4, 0.5) is 0 Å². The van der Waals surface area contributed by atoms with Gasteiger partial charge >= 0.3 is 0 Å². The summed E-state index contributed by atoms with van der Waals surface area (Å²) in [7, 11) is 0. The molecular formula is C6H18AlCl3. The molecule has 0 aliphatic rings. The van der Waals surface area contributed by atoms with Gasteiger partial charge in [0.05, 0.1) is 0 Å². The van der Waals surface area contributed by atoms with Gasteiger partial charge < -0.3 is 0 Å². The minimum Gasteiger partial charge on any atom is -0.147 e. The van der Waals surface area contributed by atoms with E-state index in [0.29, 0.717) is 0 Å². The minimum absolute atomic E-state index is 0. The van der Waals surface area contributed by atoms with E-state index in [-0.39, 0.29) is 24.8 Å². The standard InChI is InChI=1S/C4H9Cl.C2H5.Al.2ClH.2H/c1-2-3-4-5;1-2;;;;;/h2-4H2,1H3;1H2,2H3;;2*1H;;. The van der Waals surface area contributed by atoms with E-state index in [0.717, 1.165) is 12.3 Å². The molecule has 0 aromatic heterocycles. The van der Waals surface area contributed by atoms with Crippen molar-refractivity contribution in [3.63, 3.8) is 0 Å². The molecule has 0 saturated carbocycles. The first-order valence-corrected chi connectivity index (χ1v) is 5.34. The highest BCUT2D eigenvalue weighted by atomic mass is 35.5. The van der Waals surface area contributed by atoms with Gasteiger partial charge in [0.25, 0.3) is 0 Å². The van der Waals surface area contributed by atoms with Crippen molar-refractivity contribution in [2.45, 2.75) is 32.0 Å². The average Bonchev–Trinajstić information content (AvgIpc) is 1.71. The number of hydrogen-bond acceptors (Lipinski definition) is 0. The van der Waals surface area contributed by atoms with Crippen LogP contribution in [-0.4, -0.2) is 22.2 Å². The largest absolute Gasteiger partial charge is 0.211 e. The van der Waals surface area contributed by atoms with Crippen LogP contribution in [0, 0.1) is 0 Å². The number of rotatable bonds is 2. The number of halogens is 3. The predicted molar refractivity (Wildman–Crippen MR) is 59.1 cm³/mol. The highest BCUT2D eigenvalue weighted by Gasteiger charge is 1.70. The molecule has 0 amide bonds. The molecule has 0 saturated heterocycles. The van der Waals surface area contributed by atoms with E-state index in [9.17, 15) is 0 Å². The summed E-state index contributed by atoms with van der Waals surface area (Å²) >= 11 is 6.67. The van der Waals surface area contributed by atoms with Crippen LogP contribution in [0.2, 0.25) is 5.28 Å². The Labute approximate surface area is 90.3 Å². The van der Waals surface area contributed by atoms with Crippen molar-refractivity contribution < 1.29 is 0 Å². The van der Waals surface area contributed by atoms with Crippen molar-refractivity contribution in [3.05, 3.63) is 0 Å². The fourth-order valence-corrected chi connectivity index (χ4v) is 0.401. The zero-order valence-electron chi connectivity index (χ0n) is 7.02. The molecule has 0 atom stereocenters. The van der Waals surface area contributed by atoms with Crippen molar-refractivity contribution >= 4 is 52.7 Å². The topological polar surface area (TPSA) is 0 Å². The minimum atomic E-state index is 0. The van der Waals surface area contributed by atoms with Crippen LogP contribution in [-0.2, 0) is 0 Å². The lowest BCUT2D eigenvalue weighted by Crippen LogP contribution is -1.65. The number of hydrogen-bond donors (Lipinski definition) is 0. The first-order chi connectivity index (χ1) is 3.83. The van der Waals surface area contributed by atoms with E-state index in [2.05, 4.69) is 13.8 Å². The zero-order chi connectivity index (χ0) is 6.83. The summed E-state index contributed by atoms with van der Waals surface area (Å²) in [6, 6.07) is 0. The smallest absolute Gasteiger partial charge is 0.147 e. The van der Waals surface area contributed by atoms with Crippen LogP contribution in [0.1, 0.15) is 26.7 Å². The molecule has 10 heavy (non-hydrogen) atoms. The van der Waals surface area contributed by atoms with Gasteiger partial charge in [0.15, 0.2) is 0 Å². The number of alkyl halides is 1. The molecule has 66 valence electrons. The second-order valence-electron chi connectivity index (χ2n) is 1.75. The van der Waals surface area contributed by atoms with E-state index < -0.39 is 0 Å². The van der Waals surface area contributed by atoms with Crippen LogP contribution >= 0.6 is 36.4 Å². The Kier molecular flexibility index (Phi) is 71.0. The van der Waals surface area contributed by atoms with Gasteiger partial charge in [-0.2, -0.15) is 0 Å².